The van der Waals surface area contributed by atoms with Crippen LogP contribution in [0.3, 0.4) is 0 Å². The Morgan fingerprint density at radius 3 is 0.796 bits per heavy atom. The van der Waals surface area contributed by atoms with E-state index in [0.29, 0.717) is 25.7 Å². The van der Waals surface area contributed by atoms with Crippen molar-refractivity contribution < 1.29 is 80.2 Å². The number of unbranched alkanes of at least 4 members (excludes halogenated alkanes) is 48. The molecule has 0 spiro atoms. The fourth-order valence-electron chi connectivity index (χ4n) is 11.7. The van der Waals surface area contributed by atoms with Crippen molar-refractivity contribution in [3.05, 3.63) is 24.3 Å². The summed E-state index contributed by atoms with van der Waals surface area (Å²) in [4.78, 5) is 73.0. The van der Waals surface area contributed by atoms with Gasteiger partial charge in [-0.25, -0.2) is 9.13 Å². The van der Waals surface area contributed by atoms with Crippen molar-refractivity contribution in [3.63, 3.8) is 0 Å². The van der Waals surface area contributed by atoms with Gasteiger partial charge in [-0.2, -0.15) is 0 Å². The zero-order valence-corrected chi connectivity index (χ0v) is 65.0. The number of carbonyl (C=O) groups excluding carboxylic acids is 4. The molecule has 0 radical (unpaired) electrons. The Hall–Kier alpha value is -2.46. The average Bonchev–Trinajstić information content (AvgIpc) is 1.07. The van der Waals surface area contributed by atoms with E-state index >= 15 is 0 Å². The number of allylic oxidation sites excluding steroid dienone is 4. The topological polar surface area (TPSA) is 237 Å². The second-order valence-corrected chi connectivity index (χ2v) is 30.6. The molecule has 0 rings (SSSR count). The Kier molecular flexibility index (Phi) is 71.0. The van der Waals surface area contributed by atoms with Crippen LogP contribution in [0.4, 0.5) is 0 Å². The third kappa shape index (κ3) is 71.9. The lowest BCUT2D eigenvalue weighted by molar-refractivity contribution is -0.161. The predicted octanol–water partition coefficient (Wildman–Crippen LogP) is 23.3. The first-order valence-electron chi connectivity index (χ1n) is 40.6. The molecule has 5 unspecified atom stereocenters. The number of carbonyl (C=O) groups is 4. The lowest BCUT2D eigenvalue weighted by atomic mass is 10.0. The molecule has 0 amide bonds. The summed E-state index contributed by atoms with van der Waals surface area (Å²) < 4.78 is 68.6. The van der Waals surface area contributed by atoms with E-state index in [1.165, 1.54) is 205 Å². The molecule has 0 aliphatic rings. The summed E-state index contributed by atoms with van der Waals surface area (Å²) >= 11 is 0. The van der Waals surface area contributed by atoms with Crippen LogP contribution in [0.15, 0.2) is 24.3 Å². The number of phosphoric acid groups is 2. The molecule has 0 bridgehead atoms. The molecule has 3 N–H and O–H groups in total. The Labute approximate surface area is 599 Å². The minimum absolute atomic E-state index is 0.0872. The van der Waals surface area contributed by atoms with Crippen LogP contribution >= 0.6 is 15.6 Å². The fraction of sp³-hybridized carbons (Fsp3) is 0.899. The van der Waals surface area contributed by atoms with Gasteiger partial charge < -0.3 is 33.8 Å². The van der Waals surface area contributed by atoms with Gasteiger partial charge in [-0.1, -0.05) is 347 Å². The maximum absolute atomic E-state index is 13.1. The summed E-state index contributed by atoms with van der Waals surface area (Å²) in [6, 6.07) is 0. The fourth-order valence-corrected chi connectivity index (χ4v) is 13.3. The van der Waals surface area contributed by atoms with Crippen molar-refractivity contribution in [2.45, 2.75) is 418 Å². The highest BCUT2D eigenvalue weighted by atomic mass is 31.2. The Morgan fingerprint density at radius 1 is 0.286 bits per heavy atom. The van der Waals surface area contributed by atoms with E-state index in [1.807, 2.05) is 0 Å². The van der Waals surface area contributed by atoms with Crippen LogP contribution < -0.4 is 0 Å². The van der Waals surface area contributed by atoms with Gasteiger partial charge in [-0.15, -0.1) is 0 Å². The summed E-state index contributed by atoms with van der Waals surface area (Å²) in [6.45, 7) is 4.92. The molecule has 0 aliphatic carbocycles. The summed E-state index contributed by atoms with van der Waals surface area (Å²) in [5.74, 6) is -2.13. The molecule has 0 saturated carbocycles. The minimum atomic E-state index is -4.96. The molecule has 0 heterocycles. The number of ether oxygens (including phenoxy) is 4. The standard InChI is InChI=1S/C79H150O17P2/c1-5-9-13-17-21-25-29-33-36-40-43-47-51-55-59-63-76(81)89-69-74(95-78(83)65-61-57-53-49-45-39-32-28-24-20-16-12-8-4)71-93-97(85,86)91-67-73(80)68-92-98(87,88)94-72-75(96-79(84)66-62-58-54-50-46-42-38-35-31-27-23-19-15-11-7-3)70-90-77(82)64-60-56-52-48-44-41-37-34-30-26-22-18-14-10-6-2/h16,20,28,32,73-75,80H,5-15,17-19,21-27,29-31,33-72H2,1-4H3,(H,85,86)(H,87,88)/b20-16-,32-28-. The molecule has 0 saturated heterocycles. The van der Waals surface area contributed by atoms with Crippen molar-refractivity contribution >= 4 is 39.5 Å². The Balaban J connectivity index is 5.28. The smallest absolute Gasteiger partial charge is 0.462 e. The van der Waals surface area contributed by atoms with E-state index in [-0.39, 0.29) is 25.7 Å². The molecule has 0 aliphatic heterocycles. The lowest BCUT2D eigenvalue weighted by Gasteiger charge is -2.21. The molecule has 5 atom stereocenters. The van der Waals surface area contributed by atoms with E-state index < -0.39 is 97.5 Å². The van der Waals surface area contributed by atoms with Crippen molar-refractivity contribution in [2.75, 3.05) is 39.6 Å². The van der Waals surface area contributed by atoms with Crippen molar-refractivity contribution in [1.29, 1.82) is 0 Å². The van der Waals surface area contributed by atoms with Gasteiger partial charge in [0.2, 0.25) is 0 Å². The van der Waals surface area contributed by atoms with Crippen molar-refractivity contribution in [3.8, 4) is 0 Å². The summed E-state index contributed by atoms with van der Waals surface area (Å²) in [5, 5.41) is 10.6. The first-order valence-corrected chi connectivity index (χ1v) is 43.6. The highest BCUT2D eigenvalue weighted by Gasteiger charge is 2.30. The van der Waals surface area contributed by atoms with E-state index in [1.54, 1.807) is 0 Å². The van der Waals surface area contributed by atoms with Crippen molar-refractivity contribution in [1.82, 2.24) is 0 Å². The molecule has 0 aromatic carbocycles. The molecule has 578 valence electrons. The van der Waals surface area contributed by atoms with Crippen LogP contribution in [0, 0.1) is 0 Å². The van der Waals surface area contributed by atoms with E-state index in [0.717, 1.165) is 116 Å². The van der Waals surface area contributed by atoms with Gasteiger partial charge in [0, 0.05) is 25.7 Å². The van der Waals surface area contributed by atoms with Crippen LogP contribution in [-0.4, -0.2) is 96.7 Å². The van der Waals surface area contributed by atoms with Crippen LogP contribution in [0.1, 0.15) is 400 Å². The zero-order chi connectivity index (χ0) is 71.8. The molecule has 0 aromatic heterocycles. The van der Waals surface area contributed by atoms with E-state index in [2.05, 4.69) is 52.0 Å². The van der Waals surface area contributed by atoms with Crippen LogP contribution in [0.2, 0.25) is 0 Å². The second-order valence-electron chi connectivity index (χ2n) is 27.7. The lowest BCUT2D eigenvalue weighted by Crippen LogP contribution is -2.30. The number of aliphatic hydroxyl groups excluding tert-OH is 1. The minimum Gasteiger partial charge on any atom is -0.462 e. The maximum atomic E-state index is 13.1. The third-order valence-electron chi connectivity index (χ3n) is 17.9. The van der Waals surface area contributed by atoms with Crippen LogP contribution in [-0.2, 0) is 65.4 Å². The van der Waals surface area contributed by atoms with Crippen LogP contribution in [0.25, 0.3) is 0 Å². The van der Waals surface area contributed by atoms with E-state index in [4.69, 9.17) is 37.0 Å². The Morgan fingerprint density at radius 2 is 0.520 bits per heavy atom. The third-order valence-corrected chi connectivity index (χ3v) is 19.8. The number of aliphatic hydroxyl groups is 1. The van der Waals surface area contributed by atoms with Gasteiger partial charge in [0.15, 0.2) is 12.2 Å². The second kappa shape index (κ2) is 72.9. The van der Waals surface area contributed by atoms with Gasteiger partial charge in [-0.05, 0) is 51.4 Å². The number of esters is 4. The maximum Gasteiger partial charge on any atom is 0.472 e. The van der Waals surface area contributed by atoms with Gasteiger partial charge in [0.1, 0.15) is 19.3 Å². The molecule has 17 nitrogen and oxygen atoms in total. The summed E-state index contributed by atoms with van der Waals surface area (Å²) in [5.41, 5.74) is 0. The number of rotatable bonds is 78. The van der Waals surface area contributed by atoms with Gasteiger partial charge in [-0.3, -0.25) is 37.3 Å². The highest BCUT2D eigenvalue weighted by molar-refractivity contribution is 7.47. The van der Waals surface area contributed by atoms with Crippen molar-refractivity contribution in [2.24, 2.45) is 0 Å². The molecule has 0 fully saturated rings. The quantitative estimate of drug-likeness (QED) is 0.0169. The Bertz CT molecular complexity index is 1950. The SMILES string of the molecule is CCC/C=C\C/C=C\CCCCCCCC(=O)OC(COC(=O)CCCCCCCCCCCCCCCCC)COP(=O)(O)OCC(O)COP(=O)(O)OCC(COC(=O)CCCCCCCCCCCCCCCCC)OC(=O)CCCCCCCCCCCCCCCCC. The van der Waals surface area contributed by atoms with Crippen LogP contribution in [0.5, 0.6) is 0 Å². The zero-order valence-electron chi connectivity index (χ0n) is 63.2. The highest BCUT2D eigenvalue weighted by Crippen LogP contribution is 2.45. The number of hydrogen-bond acceptors (Lipinski definition) is 15. The molecule has 19 heteroatoms. The van der Waals surface area contributed by atoms with Gasteiger partial charge in [0.05, 0.1) is 26.4 Å². The first kappa shape index (κ1) is 95.5. The molecular formula is C79H150O17P2. The monoisotopic (exact) mass is 1430 g/mol. The summed E-state index contributed by atoms with van der Waals surface area (Å²) in [7, 11) is -9.93. The van der Waals surface area contributed by atoms with Gasteiger partial charge >= 0.3 is 39.5 Å². The van der Waals surface area contributed by atoms with E-state index in [9.17, 15) is 43.2 Å². The average molecular weight is 1430 g/mol. The predicted molar refractivity (Wildman–Crippen MR) is 400 cm³/mol. The first-order chi connectivity index (χ1) is 47.7. The van der Waals surface area contributed by atoms with Gasteiger partial charge in [0.25, 0.3) is 0 Å². The largest absolute Gasteiger partial charge is 0.472 e. The number of hydrogen-bond donors (Lipinski definition) is 3. The summed E-state index contributed by atoms with van der Waals surface area (Å²) in [6.07, 6.45) is 67.2. The normalized spacial score (nSPS) is 14.0. The molecular weight excluding hydrogens is 1280 g/mol. The molecule has 0 aromatic rings. The molecule has 98 heavy (non-hydrogen) atoms. The number of phosphoric ester groups is 2.